The standard InChI is InChI=1S/C13H17N5O2S/c1-10-11-3-5-18(6-4-12(11)15-8-14-10)21(19,20)13-7-17(2)9-16-13/h7-9H,3-6H2,1-2H3. The van der Waals surface area contributed by atoms with Crippen LogP contribution in [0.3, 0.4) is 0 Å². The molecule has 0 unspecified atom stereocenters. The fraction of sp³-hybridized carbons (Fsp3) is 0.462. The quantitative estimate of drug-likeness (QED) is 0.797. The summed E-state index contributed by atoms with van der Waals surface area (Å²) >= 11 is 0. The lowest BCUT2D eigenvalue weighted by molar-refractivity contribution is 0.424. The first-order valence-electron chi connectivity index (χ1n) is 6.76. The molecule has 8 heteroatoms. The minimum atomic E-state index is -3.54. The van der Waals surface area contributed by atoms with Crippen molar-refractivity contribution in [3.8, 4) is 0 Å². The number of rotatable bonds is 2. The second-order valence-electron chi connectivity index (χ2n) is 5.17. The molecule has 0 saturated heterocycles. The average molecular weight is 307 g/mol. The van der Waals surface area contributed by atoms with E-state index in [9.17, 15) is 8.42 Å². The Bertz CT molecular complexity index is 769. The van der Waals surface area contributed by atoms with E-state index in [-0.39, 0.29) is 5.03 Å². The number of nitrogens with zero attached hydrogens (tertiary/aromatic N) is 5. The van der Waals surface area contributed by atoms with Crippen molar-refractivity contribution in [3.05, 3.63) is 35.8 Å². The Morgan fingerprint density at radius 1 is 1.14 bits per heavy atom. The lowest BCUT2D eigenvalue weighted by Gasteiger charge is -2.18. The van der Waals surface area contributed by atoms with Crippen molar-refractivity contribution in [3.63, 3.8) is 0 Å². The van der Waals surface area contributed by atoms with Gasteiger partial charge in [-0.3, -0.25) is 0 Å². The highest BCUT2D eigenvalue weighted by molar-refractivity contribution is 7.89. The Kier molecular flexibility index (Phi) is 3.50. The van der Waals surface area contributed by atoms with E-state index in [2.05, 4.69) is 15.0 Å². The molecule has 0 bridgehead atoms. The summed E-state index contributed by atoms with van der Waals surface area (Å²) in [6, 6.07) is 0. The molecule has 3 heterocycles. The van der Waals surface area contributed by atoms with Gasteiger partial charge in [-0.15, -0.1) is 0 Å². The molecular formula is C13H17N5O2S. The van der Waals surface area contributed by atoms with Gasteiger partial charge in [-0.05, 0) is 18.9 Å². The van der Waals surface area contributed by atoms with Gasteiger partial charge in [-0.1, -0.05) is 0 Å². The molecule has 2 aromatic heterocycles. The molecule has 3 rings (SSSR count). The van der Waals surface area contributed by atoms with Crippen molar-refractivity contribution in [1.29, 1.82) is 0 Å². The minimum absolute atomic E-state index is 0.0961. The molecule has 7 nitrogen and oxygen atoms in total. The van der Waals surface area contributed by atoms with E-state index in [0.29, 0.717) is 25.9 Å². The van der Waals surface area contributed by atoms with Crippen LogP contribution in [-0.4, -0.2) is 45.3 Å². The van der Waals surface area contributed by atoms with Crippen molar-refractivity contribution in [1.82, 2.24) is 23.8 Å². The predicted octanol–water partition coefficient (Wildman–Crippen LogP) is 0.308. The molecule has 1 aliphatic rings. The molecule has 0 aromatic carbocycles. The normalized spacial score (nSPS) is 16.5. The van der Waals surface area contributed by atoms with Gasteiger partial charge >= 0.3 is 0 Å². The fourth-order valence-electron chi connectivity index (χ4n) is 2.56. The molecule has 112 valence electrons. The maximum atomic E-state index is 12.6. The van der Waals surface area contributed by atoms with E-state index >= 15 is 0 Å². The maximum Gasteiger partial charge on any atom is 0.262 e. The number of aryl methyl sites for hydroxylation is 2. The number of hydrogen-bond donors (Lipinski definition) is 0. The third-order valence-corrected chi connectivity index (χ3v) is 5.53. The molecule has 0 N–H and O–H groups in total. The first-order chi connectivity index (χ1) is 9.98. The third kappa shape index (κ3) is 2.56. The van der Waals surface area contributed by atoms with Crippen LogP contribution in [0, 0.1) is 6.92 Å². The highest BCUT2D eigenvalue weighted by Gasteiger charge is 2.29. The number of hydrogen-bond acceptors (Lipinski definition) is 5. The van der Waals surface area contributed by atoms with Gasteiger partial charge in [0.2, 0.25) is 0 Å². The van der Waals surface area contributed by atoms with E-state index in [0.717, 1.165) is 17.0 Å². The molecule has 1 aliphatic heterocycles. The zero-order valence-corrected chi connectivity index (χ0v) is 12.8. The SMILES string of the molecule is Cc1ncnc2c1CCN(S(=O)(=O)c1cn(C)cn1)CC2. The van der Waals surface area contributed by atoms with Crippen molar-refractivity contribution in [2.75, 3.05) is 13.1 Å². The maximum absolute atomic E-state index is 12.6. The summed E-state index contributed by atoms with van der Waals surface area (Å²) in [4.78, 5) is 12.4. The van der Waals surface area contributed by atoms with Crippen LogP contribution >= 0.6 is 0 Å². The summed E-state index contributed by atoms with van der Waals surface area (Å²) < 4.78 is 28.3. The van der Waals surface area contributed by atoms with Crippen LogP contribution in [0.4, 0.5) is 0 Å². The summed E-state index contributed by atoms with van der Waals surface area (Å²) in [5.74, 6) is 0. The second kappa shape index (κ2) is 5.19. The van der Waals surface area contributed by atoms with Gasteiger partial charge in [0.25, 0.3) is 10.0 Å². The van der Waals surface area contributed by atoms with Crippen molar-refractivity contribution in [2.24, 2.45) is 7.05 Å². The fourth-order valence-corrected chi connectivity index (χ4v) is 3.97. The molecular weight excluding hydrogens is 290 g/mol. The summed E-state index contributed by atoms with van der Waals surface area (Å²) in [5.41, 5.74) is 2.94. The lowest BCUT2D eigenvalue weighted by Crippen LogP contribution is -2.33. The van der Waals surface area contributed by atoms with Crippen molar-refractivity contribution >= 4 is 10.0 Å². The first kappa shape index (κ1) is 14.2. The van der Waals surface area contributed by atoms with E-state index in [4.69, 9.17) is 0 Å². The Morgan fingerprint density at radius 2 is 1.90 bits per heavy atom. The van der Waals surface area contributed by atoms with Gasteiger partial charge in [-0.25, -0.2) is 23.4 Å². The van der Waals surface area contributed by atoms with Gasteiger partial charge < -0.3 is 4.57 Å². The largest absolute Gasteiger partial charge is 0.339 e. The Balaban J connectivity index is 1.89. The zero-order chi connectivity index (χ0) is 15.0. The highest BCUT2D eigenvalue weighted by atomic mass is 32.2. The van der Waals surface area contributed by atoms with Crippen LogP contribution < -0.4 is 0 Å². The van der Waals surface area contributed by atoms with Gasteiger partial charge in [0.15, 0.2) is 5.03 Å². The van der Waals surface area contributed by atoms with Crippen LogP contribution in [0.5, 0.6) is 0 Å². The number of sulfonamides is 1. The number of fused-ring (bicyclic) bond motifs is 1. The minimum Gasteiger partial charge on any atom is -0.339 e. The second-order valence-corrected chi connectivity index (χ2v) is 7.05. The monoisotopic (exact) mass is 307 g/mol. The predicted molar refractivity (Wildman–Crippen MR) is 76.1 cm³/mol. The molecule has 2 aromatic rings. The number of aromatic nitrogens is 4. The van der Waals surface area contributed by atoms with Crippen LogP contribution in [-0.2, 0) is 29.9 Å². The summed E-state index contributed by atoms with van der Waals surface area (Å²) in [5, 5.41) is 0.0961. The van der Waals surface area contributed by atoms with Gasteiger partial charge in [0.1, 0.15) is 6.33 Å². The Labute approximate surface area is 123 Å². The summed E-state index contributed by atoms with van der Waals surface area (Å²) in [6.07, 6.45) is 5.80. The van der Waals surface area contributed by atoms with Crippen LogP contribution in [0.2, 0.25) is 0 Å². The van der Waals surface area contributed by atoms with E-state index in [1.807, 2.05) is 6.92 Å². The lowest BCUT2D eigenvalue weighted by atomic mass is 10.1. The molecule has 0 aliphatic carbocycles. The van der Waals surface area contributed by atoms with Crippen LogP contribution in [0.1, 0.15) is 17.0 Å². The molecule has 0 saturated carbocycles. The number of imidazole rings is 1. The van der Waals surface area contributed by atoms with Gasteiger partial charge in [0.05, 0.1) is 6.33 Å². The van der Waals surface area contributed by atoms with Crippen molar-refractivity contribution in [2.45, 2.75) is 24.8 Å². The smallest absolute Gasteiger partial charge is 0.262 e. The third-order valence-electron chi connectivity index (χ3n) is 3.74. The molecule has 0 radical (unpaired) electrons. The summed E-state index contributed by atoms with van der Waals surface area (Å²) in [6.45, 7) is 2.78. The molecule has 0 amide bonds. The van der Waals surface area contributed by atoms with Crippen LogP contribution in [0.15, 0.2) is 23.9 Å². The molecule has 21 heavy (non-hydrogen) atoms. The molecule has 0 atom stereocenters. The van der Waals surface area contributed by atoms with E-state index in [1.54, 1.807) is 11.6 Å². The van der Waals surface area contributed by atoms with E-state index in [1.165, 1.54) is 23.2 Å². The first-order valence-corrected chi connectivity index (χ1v) is 8.20. The Hall–Kier alpha value is -1.80. The van der Waals surface area contributed by atoms with Crippen molar-refractivity contribution < 1.29 is 8.42 Å². The van der Waals surface area contributed by atoms with E-state index < -0.39 is 10.0 Å². The molecule has 0 fully saturated rings. The van der Waals surface area contributed by atoms with Crippen LogP contribution in [0.25, 0.3) is 0 Å². The zero-order valence-electron chi connectivity index (χ0n) is 12.0. The molecule has 0 spiro atoms. The highest BCUT2D eigenvalue weighted by Crippen LogP contribution is 2.20. The average Bonchev–Trinajstić information content (AvgIpc) is 2.75. The van der Waals surface area contributed by atoms with Gasteiger partial charge in [0, 0.05) is 44.1 Å². The topological polar surface area (TPSA) is 81.0 Å². The van der Waals surface area contributed by atoms with Gasteiger partial charge in [-0.2, -0.15) is 4.31 Å². The summed E-state index contributed by atoms with van der Waals surface area (Å²) in [7, 11) is -1.79. The Morgan fingerprint density at radius 3 is 2.62 bits per heavy atom.